The van der Waals surface area contributed by atoms with E-state index in [9.17, 15) is 9.59 Å². The molecule has 3 heterocycles. The molecule has 0 saturated heterocycles. The molecule has 41 heavy (non-hydrogen) atoms. The monoisotopic (exact) mass is 612 g/mol. The number of aromatic nitrogens is 1. The second-order valence-corrected chi connectivity index (χ2v) is 10.8. The summed E-state index contributed by atoms with van der Waals surface area (Å²) in [6, 6.07) is 13.3. The molecule has 4 aromatic rings. The smallest absolute Gasteiger partial charge is 0.338 e. The Kier molecular flexibility index (Phi) is 8.40. The molecule has 8 nitrogen and oxygen atoms in total. The first kappa shape index (κ1) is 28.7. The Hall–Kier alpha value is -3.79. The molecule has 11 heteroatoms. The van der Waals surface area contributed by atoms with Gasteiger partial charge in [0, 0.05) is 17.2 Å². The predicted octanol–water partition coefficient (Wildman–Crippen LogP) is 5.77. The highest BCUT2D eigenvalue weighted by atomic mass is 35.5. The first-order valence-corrected chi connectivity index (χ1v) is 14.4. The first-order valence-electron chi connectivity index (χ1n) is 12.8. The van der Waals surface area contributed by atoms with Crippen molar-refractivity contribution in [3.8, 4) is 22.8 Å². The number of nitrogens with zero attached hydrogens (tertiary/aromatic N) is 2. The number of hydrogen-bond donors (Lipinski definition) is 0. The number of ether oxygens (including phenoxy) is 3. The SMILES string of the molecule is CCOC(=O)C1=C(C)N=c2s/c(=C/c3ccc(-c4ccc(Cl)c(Cl)c4)o3)c(=O)n2C1c1cccc(OC)c1OCC. The number of thiazole rings is 1. The Labute approximate surface area is 249 Å². The zero-order valence-corrected chi connectivity index (χ0v) is 25.0. The Morgan fingerprint density at radius 3 is 2.63 bits per heavy atom. The molecule has 0 N–H and O–H groups in total. The standard InChI is InChI=1S/C30H26Cl2N2O6S/c1-5-38-27-19(8-7-9-23(27)37-4)26-25(29(36)39-6-2)16(3)33-30-34(26)28(35)24(41-30)15-18-11-13-22(40-18)17-10-12-20(31)21(32)14-17/h7-15,26H,5-6H2,1-4H3/b24-15+. The summed E-state index contributed by atoms with van der Waals surface area (Å²) in [6.07, 6.45) is 1.65. The van der Waals surface area contributed by atoms with E-state index in [-0.39, 0.29) is 17.7 Å². The number of halogens is 2. The third-order valence-corrected chi connectivity index (χ3v) is 8.16. The molecule has 0 radical (unpaired) electrons. The van der Waals surface area contributed by atoms with Crippen LogP contribution in [0.3, 0.4) is 0 Å². The summed E-state index contributed by atoms with van der Waals surface area (Å²) in [5.74, 6) is 1.39. The summed E-state index contributed by atoms with van der Waals surface area (Å²) in [5.41, 5.74) is 1.69. The number of fused-ring (bicyclic) bond motifs is 1. The molecule has 2 aromatic heterocycles. The van der Waals surface area contributed by atoms with Crippen molar-refractivity contribution < 1.29 is 23.4 Å². The number of esters is 1. The van der Waals surface area contributed by atoms with Gasteiger partial charge in [0.05, 0.1) is 46.2 Å². The highest BCUT2D eigenvalue weighted by Gasteiger charge is 2.36. The average Bonchev–Trinajstić information content (AvgIpc) is 3.54. The highest BCUT2D eigenvalue weighted by molar-refractivity contribution is 7.07. The summed E-state index contributed by atoms with van der Waals surface area (Å²) in [6.45, 7) is 5.83. The normalized spacial score (nSPS) is 15.0. The molecule has 0 bridgehead atoms. The number of methoxy groups -OCH3 is 1. The van der Waals surface area contributed by atoms with Crippen LogP contribution in [0.2, 0.25) is 10.0 Å². The van der Waals surface area contributed by atoms with Gasteiger partial charge in [-0.3, -0.25) is 9.36 Å². The van der Waals surface area contributed by atoms with Gasteiger partial charge in [0.15, 0.2) is 16.3 Å². The van der Waals surface area contributed by atoms with Crippen LogP contribution in [0.1, 0.15) is 38.1 Å². The van der Waals surface area contributed by atoms with Gasteiger partial charge in [-0.1, -0.05) is 46.7 Å². The lowest BCUT2D eigenvalue weighted by molar-refractivity contribution is -0.139. The van der Waals surface area contributed by atoms with E-state index in [0.29, 0.717) is 60.3 Å². The quantitative estimate of drug-likeness (QED) is 0.234. The van der Waals surface area contributed by atoms with Crippen LogP contribution in [0.4, 0.5) is 0 Å². The van der Waals surface area contributed by atoms with E-state index in [1.807, 2.05) is 13.0 Å². The lowest BCUT2D eigenvalue weighted by atomic mass is 9.94. The van der Waals surface area contributed by atoms with Crippen LogP contribution in [0.15, 0.2) is 74.0 Å². The number of allylic oxidation sites excluding steroid dienone is 1. The number of carbonyl (C=O) groups is 1. The van der Waals surface area contributed by atoms with E-state index in [4.69, 9.17) is 41.8 Å². The van der Waals surface area contributed by atoms with Gasteiger partial charge in [-0.15, -0.1) is 0 Å². The highest BCUT2D eigenvalue weighted by Crippen LogP contribution is 2.40. The fourth-order valence-corrected chi connectivity index (χ4v) is 5.98. The summed E-state index contributed by atoms with van der Waals surface area (Å²) in [7, 11) is 1.54. The maximum Gasteiger partial charge on any atom is 0.338 e. The zero-order chi connectivity index (χ0) is 29.3. The Balaban J connectivity index is 1.68. The molecule has 1 atom stereocenters. The number of benzene rings is 2. The van der Waals surface area contributed by atoms with Gasteiger partial charge < -0.3 is 18.6 Å². The van der Waals surface area contributed by atoms with Crippen LogP contribution in [0, 0.1) is 0 Å². The Morgan fingerprint density at radius 2 is 1.93 bits per heavy atom. The molecule has 1 aliphatic heterocycles. The number of rotatable bonds is 8. The summed E-state index contributed by atoms with van der Waals surface area (Å²) in [4.78, 5) is 32.3. The average molecular weight is 614 g/mol. The molecule has 0 spiro atoms. The van der Waals surface area contributed by atoms with Crippen molar-refractivity contribution in [2.75, 3.05) is 20.3 Å². The summed E-state index contributed by atoms with van der Waals surface area (Å²) in [5, 5.41) is 0.853. The van der Waals surface area contributed by atoms with Crippen LogP contribution in [-0.4, -0.2) is 30.9 Å². The molecule has 1 aliphatic rings. The minimum atomic E-state index is -0.854. The molecule has 212 valence electrons. The number of carbonyl (C=O) groups excluding carboxylic acids is 1. The third kappa shape index (κ3) is 5.45. The van der Waals surface area contributed by atoms with Crippen LogP contribution >= 0.6 is 34.5 Å². The molecular weight excluding hydrogens is 587 g/mol. The van der Waals surface area contributed by atoms with Gasteiger partial charge in [-0.25, -0.2) is 9.79 Å². The molecule has 0 fully saturated rings. The molecule has 0 saturated carbocycles. The molecule has 5 rings (SSSR count). The second-order valence-electron chi connectivity index (χ2n) is 8.94. The van der Waals surface area contributed by atoms with Gasteiger partial charge in [0.1, 0.15) is 17.6 Å². The van der Waals surface area contributed by atoms with Gasteiger partial charge >= 0.3 is 5.97 Å². The number of para-hydroxylation sites is 1. The predicted molar refractivity (Wildman–Crippen MR) is 159 cm³/mol. The fourth-order valence-electron chi connectivity index (χ4n) is 4.66. The van der Waals surface area contributed by atoms with Crippen molar-refractivity contribution in [2.45, 2.75) is 26.8 Å². The van der Waals surface area contributed by atoms with Crippen molar-refractivity contribution >= 4 is 46.6 Å². The first-order chi connectivity index (χ1) is 19.8. The third-order valence-electron chi connectivity index (χ3n) is 6.43. The lowest BCUT2D eigenvalue weighted by Gasteiger charge is -2.26. The van der Waals surface area contributed by atoms with Crippen molar-refractivity contribution in [1.82, 2.24) is 4.57 Å². The van der Waals surface area contributed by atoms with Crippen LogP contribution < -0.4 is 24.4 Å². The van der Waals surface area contributed by atoms with E-state index >= 15 is 0 Å². The summed E-state index contributed by atoms with van der Waals surface area (Å²) < 4.78 is 24.8. The van der Waals surface area contributed by atoms with Gasteiger partial charge in [0.2, 0.25) is 0 Å². The van der Waals surface area contributed by atoms with Gasteiger partial charge in [-0.2, -0.15) is 0 Å². The number of hydrogen-bond acceptors (Lipinski definition) is 8. The van der Waals surface area contributed by atoms with Crippen molar-refractivity contribution in [1.29, 1.82) is 0 Å². The van der Waals surface area contributed by atoms with Crippen LogP contribution in [0.25, 0.3) is 17.4 Å². The van der Waals surface area contributed by atoms with E-state index in [1.54, 1.807) is 62.4 Å². The minimum Gasteiger partial charge on any atom is -0.493 e. The molecule has 0 amide bonds. The molecule has 2 aromatic carbocycles. The van der Waals surface area contributed by atoms with E-state index in [1.165, 1.54) is 23.0 Å². The maximum atomic E-state index is 14.0. The molecular formula is C30H26Cl2N2O6S. The second kappa shape index (κ2) is 12.0. The van der Waals surface area contributed by atoms with E-state index in [2.05, 4.69) is 4.99 Å². The maximum absolute atomic E-state index is 14.0. The fraction of sp³-hybridized carbons (Fsp3) is 0.233. The van der Waals surface area contributed by atoms with Crippen molar-refractivity contribution in [2.24, 2.45) is 4.99 Å². The number of furan rings is 1. The minimum absolute atomic E-state index is 0.169. The molecule has 0 aliphatic carbocycles. The Morgan fingerprint density at radius 1 is 1.12 bits per heavy atom. The van der Waals surface area contributed by atoms with E-state index < -0.39 is 12.0 Å². The van der Waals surface area contributed by atoms with Gasteiger partial charge in [-0.05, 0) is 57.2 Å². The van der Waals surface area contributed by atoms with Gasteiger partial charge in [0.25, 0.3) is 5.56 Å². The lowest BCUT2D eigenvalue weighted by Crippen LogP contribution is -2.40. The molecule has 1 unspecified atom stereocenters. The zero-order valence-electron chi connectivity index (χ0n) is 22.7. The topological polar surface area (TPSA) is 92.3 Å². The Bertz CT molecular complexity index is 1850. The van der Waals surface area contributed by atoms with Crippen LogP contribution in [0.5, 0.6) is 11.5 Å². The van der Waals surface area contributed by atoms with Crippen molar-refractivity contribution in [3.63, 3.8) is 0 Å². The van der Waals surface area contributed by atoms with Crippen LogP contribution in [-0.2, 0) is 9.53 Å². The summed E-state index contributed by atoms with van der Waals surface area (Å²) >= 11 is 13.4. The largest absolute Gasteiger partial charge is 0.493 e. The van der Waals surface area contributed by atoms with E-state index in [0.717, 1.165) is 5.56 Å². The van der Waals surface area contributed by atoms with Crippen molar-refractivity contribution in [3.05, 3.63) is 101 Å².